The Labute approximate surface area is 158 Å². The number of para-hydroxylation sites is 2. The molecule has 3 rings (SSSR count). The Morgan fingerprint density at radius 2 is 1.70 bits per heavy atom. The second kappa shape index (κ2) is 9.33. The van der Waals surface area contributed by atoms with Gasteiger partial charge in [0.05, 0.1) is 18.4 Å². The molecule has 6 heteroatoms. The van der Waals surface area contributed by atoms with Gasteiger partial charge in [0.25, 0.3) is 5.91 Å². The van der Waals surface area contributed by atoms with Crippen molar-refractivity contribution in [1.29, 1.82) is 0 Å². The number of rotatable bonds is 8. The van der Waals surface area contributed by atoms with Crippen molar-refractivity contribution in [3.8, 4) is 5.75 Å². The molecule has 6 nitrogen and oxygen atoms in total. The molecule has 138 valence electrons. The molecule has 1 heterocycles. The highest BCUT2D eigenvalue weighted by molar-refractivity contribution is 6.04. The monoisotopic (exact) mass is 362 g/mol. The van der Waals surface area contributed by atoms with E-state index in [0.29, 0.717) is 22.9 Å². The average molecular weight is 362 g/mol. The van der Waals surface area contributed by atoms with E-state index in [1.165, 1.54) is 18.0 Å². The average Bonchev–Trinajstić information content (AvgIpc) is 2.73. The van der Waals surface area contributed by atoms with Crippen molar-refractivity contribution in [2.45, 2.75) is 12.8 Å². The molecule has 1 amide bonds. The third-order valence-corrected chi connectivity index (χ3v) is 4.04. The first kappa shape index (κ1) is 18.4. The summed E-state index contributed by atoms with van der Waals surface area (Å²) in [7, 11) is 1.56. The molecule has 0 aliphatic heterocycles. The normalized spacial score (nSPS) is 10.3. The number of carbonyl (C=O) groups excluding carboxylic acids is 1. The zero-order valence-corrected chi connectivity index (χ0v) is 15.2. The summed E-state index contributed by atoms with van der Waals surface area (Å²) in [5.74, 6) is 0.829. The Balaban J connectivity index is 1.50. The van der Waals surface area contributed by atoms with Crippen LogP contribution in [-0.4, -0.2) is 29.5 Å². The first-order valence-corrected chi connectivity index (χ1v) is 8.80. The number of aromatic nitrogens is 2. The maximum atomic E-state index is 12.3. The van der Waals surface area contributed by atoms with Crippen LogP contribution in [0.2, 0.25) is 0 Å². The molecule has 0 saturated carbocycles. The molecule has 27 heavy (non-hydrogen) atoms. The fourth-order valence-corrected chi connectivity index (χ4v) is 2.62. The van der Waals surface area contributed by atoms with E-state index in [4.69, 9.17) is 4.74 Å². The molecule has 0 unspecified atom stereocenters. The van der Waals surface area contributed by atoms with E-state index >= 15 is 0 Å². The Kier molecular flexibility index (Phi) is 6.35. The number of nitrogens with one attached hydrogen (secondary N) is 2. The van der Waals surface area contributed by atoms with Crippen LogP contribution in [-0.2, 0) is 6.42 Å². The third-order valence-electron chi connectivity index (χ3n) is 4.04. The molecule has 2 N–H and O–H groups in total. The number of carbonyl (C=O) groups is 1. The van der Waals surface area contributed by atoms with Gasteiger partial charge in [-0.2, -0.15) is 0 Å². The molecule has 2 aromatic carbocycles. The van der Waals surface area contributed by atoms with E-state index in [-0.39, 0.29) is 5.91 Å². The Morgan fingerprint density at radius 1 is 1.00 bits per heavy atom. The van der Waals surface area contributed by atoms with E-state index in [9.17, 15) is 4.79 Å². The summed E-state index contributed by atoms with van der Waals surface area (Å²) >= 11 is 0. The molecular weight excluding hydrogens is 340 g/mol. The molecule has 0 bridgehead atoms. The number of aryl methyl sites for hydroxylation is 1. The minimum absolute atomic E-state index is 0.282. The minimum Gasteiger partial charge on any atom is -0.495 e. The number of ether oxygens (including phenoxy) is 1. The summed E-state index contributed by atoms with van der Waals surface area (Å²) in [5, 5.41) is 5.98. The summed E-state index contributed by atoms with van der Waals surface area (Å²) in [5.41, 5.74) is 2.30. The molecule has 0 saturated heterocycles. The summed E-state index contributed by atoms with van der Waals surface area (Å²) in [4.78, 5) is 20.8. The summed E-state index contributed by atoms with van der Waals surface area (Å²) in [6.07, 6.45) is 4.99. The predicted molar refractivity (Wildman–Crippen MR) is 106 cm³/mol. The maximum absolute atomic E-state index is 12.3. The van der Waals surface area contributed by atoms with Gasteiger partial charge in [-0.25, -0.2) is 9.97 Å². The second-order valence-electron chi connectivity index (χ2n) is 5.97. The molecule has 0 radical (unpaired) electrons. The van der Waals surface area contributed by atoms with E-state index < -0.39 is 0 Å². The standard InChI is InChI=1S/C21H22N4O2/c1-27-19-12-6-5-11-18(19)25-20(26)17-14-23-21(24-15-17)22-13-7-10-16-8-3-2-4-9-16/h2-6,8-9,11-12,14-15H,7,10,13H2,1H3,(H,25,26)(H,22,23,24). The van der Waals surface area contributed by atoms with Gasteiger partial charge in [0.15, 0.2) is 0 Å². The van der Waals surface area contributed by atoms with Crippen LogP contribution in [0.1, 0.15) is 22.3 Å². The lowest BCUT2D eigenvalue weighted by Gasteiger charge is -2.10. The fourth-order valence-electron chi connectivity index (χ4n) is 2.62. The summed E-state index contributed by atoms with van der Waals surface area (Å²) < 4.78 is 5.23. The predicted octanol–water partition coefficient (Wildman–Crippen LogP) is 3.78. The number of methoxy groups -OCH3 is 1. The number of benzene rings is 2. The lowest BCUT2D eigenvalue weighted by Crippen LogP contribution is -2.14. The Hall–Kier alpha value is -3.41. The Bertz CT molecular complexity index is 867. The molecule has 1 aromatic heterocycles. The van der Waals surface area contributed by atoms with Crippen molar-refractivity contribution in [2.75, 3.05) is 24.3 Å². The van der Waals surface area contributed by atoms with Crippen LogP contribution in [0.5, 0.6) is 5.75 Å². The fraction of sp³-hybridized carbons (Fsp3) is 0.190. The summed E-state index contributed by atoms with van der Waals surface area (Å²) in [6.45, 7) is 0.766. The lowest BCUT2D eigenvalue weighted by molar-refractivity contribution is 0.102. The van der Waals surface area contributed by atoms with Crippen molar-refractivity contribution in [2.24, 2.45) is 0 Å². The first-order valence-electron chi connectivity index (χ1n) is 8.80. The zero-order valence-electron chi connectivity index (χ0n) is 15.2. The van der Waals surface area contributed by atoms with Gasteiger partial charge in [-0.1, -0.05) is 42.5 Å². The number of nitrogens with zero attached hydrogens (tertiary/aromatic N) is 2. The number of hydrogen-bond donors (Lipinski definition) is 2. The largest absolute Gasteiger partial charge is 0.495 e. The SMILES string of the molecule is COc1ccccc1NC(=O)c1cnc(NCCCc2ccccc2)nc1. The van der Waals surface area contributed by atoms with E-state index in [0.717, 1.165) is 19.4 Å². The van der Waals surface area contributed by atoms with Gasteiger partial charge in [-0.3, -0.25) is 4.79 Å². The quantitative estimate of drug-likeness (QED) is 0.597. The Morgan fingerprint density at radius 3 is 2.44 bits per heavy atom. The molecule has 0 spiro atoms. The highest BCUT2D eigenvalue weighted by Crippen LogP contribution is 2.23. The molecule has 0 aliphatic carbocycles. The van der Waals surface area contributed by atoms with Gasteiger partial charge in [-0.05, 0) is 30.5 Å². The van der Waals surface area contributed by atoms with E-state index in [1.807, 2.05) is 30.3 Å². The highest BCUT2D eigenvalue weighted by Gasteiger charge is 2.10. The number of hydrogen-bond acceptors (Lipinski definition) is 5. The maximum Gasteiger partial charge on any atom is 0.258 e. The lowest BCUT2D eigenvalue weighted by atomic mass is 10.1. The molecule has 0 atom stereocenters. The van der Waals surface area contributed by atoms with Crippen LogP contribution >= 0.6 is 0 Å². The van der Waals surface area contributed by atoms with Gasteiger partial charge in [0.2, 0.25) is 5.95 Å². The van der Waals surface area contributed by atoms with Crippen molar-refractivity contribution < 1.29 is 9.53 Å². The van der Waals surface area contributed by atoms with Crippen LogP contribution in [0.25, 0.3) is 0 Å². The molecule has 0 fully saturated rings. The van der Waals surface area contributed by atoms with Gasteiger partial charge >= 0.3 is 0 Å². The molecule has 0 aliphatic rings. The van der Waals surface area contributed by atoms with E-state index in [1.54, 1.807) is 19.2 Å². The van der Waals surface area contributed by atoms with Crippen LogP contribution in [0, 0.1) is 0 Å². The van der Waals surface area contributed by atoms with Crippen molar-refractivity contribution in [1.82, 2.24) is 9.97 Å². The third kappa shape index (κ3) is 5.28. The van der Waals surface area contributed by atoms with Gasteiger partial charge in [0, 0.05) is 18.9 Å². The van der Waals surface area contributed by atoms with E-state index in [2.05, 4.69) is 32.7 Å². The van der Waals surface area contributed by atoms with Gasteiger partial charge in [-0.15, -0.1) is 0 Å². The minimum atomic E-state index is -0.282. The van der Waals surface area contributed by atoms with Crippen molar-refractivity contribution >= 4 is 17.5 Å². The zero-order chi connectivity index (χ0) is 18.9. The highest BCUT2D eigenvalue weighted by atomic mass is 16.5. The molecular formula is C21H22N4O2. The van der Waals surface area contributed by atoms with Crippen LogP contribution in [0.3, 0.4) is 0 Å². The van der Waals surface area contributed by atoms with Gasteiger partial charge < -0.3 is 15.4 Å². The van der Waals surface area contributed by atoms with Crippen molar-refractivity contribution in [3.05, 3.63) is 78.1 Å². The molecule has 3 aromatic rings. The second-order valence-corrected chi connectivity index (χ2v) is 5.97. The first-order chi connectivity index (χ1) is 13.3. The smallest absolute Gasteiger partial charge is 0.258 e. The summed E-state index contributed by atoms with van der Waals surface area (Å²) in [6, 6.07) is 17.6. The van der Waals surface area contributed by atoms with Crippen molar-refractivity contribution in [3.63, 3.8) is 0 Å². The van der Waals surface area contributed by atoms with Crippen LogP contribution < -0.4 is 15.4 Å². The van der Waals surface area contributed by atoms with Gasteiger partial charge in [0.1, 0.15) is 5.75 Å². The number of anilines is 2. The van der Waals surface area contributed by atoms with Crippen LogP contribution in [0.4, 0.5) is 11.6 Å². The topological polar surface area (TPSA) is 76.1 Å². The number of amides is 1. The van der Waals surface area contributed by atoms with Crippen LogP contribution in [0.15, 0.2) is 67.0 Å².